The Kier molecular flexibility index (Phi) is 1.57. The molecule has 0 amide bonds. The van der Waals surface area contributed by atoms with E-state index in [9.17, 15) is 0 Å². The molecule has 5 nitrogen and oxygen atoms in total. The van der Waals surface area contributed by atoms with Gasteiger partial charge in [-0.05, 0) is 0 Å². The molecule has 0 saturated carbocycles. The van der Waals surface area contributed by atoms with Crippen LogP contribution < -0.4 is 0 Å². The summed E-state index contributed by atoms with van der Waals surface area (Å²) in [7, 11) is 0. The number of hydrogen-bond acceptors (Lipinski definition) is 5. The third-order valence-corrected chi connectivity index (χ3v) is 1.09. The molecule has 11 heavy (non-hydrogen) atoms. The van der Waals surface area contributed by atoms with E-state index in [1.165, 1.54) is 25.0 Å². The van der Waals surface area contributed by atoms with Gasteiger partial charge in [0.1, 0.15) is 25.0 Å². The zero-order chi connectivity index (χ0) is 7.52. The van der Waals surface area contributed by atoms with E-state index in [-0.39, 0.29) is 0 Å². The van der Waals surface area contributed by atoms with Crippen LogP contribution in [0.3, 0.4) is 0 Å². The Balaban J connectivity index is 1.73. The van der Waals surface area contributed by atoms with Gasteiger partial charge in [-0.1, -0.05) is 0 Å². The highest BCUT2D eigenvalue weighted by Gasteiger charge is 2.22. The first-order valence-electron chi connectivity index (χ1n) is 3.02. The van der Waals surface area contributed by atoms with Gasteiger partial charge in [-0.25, -0.2) is 4.74 Å². The lowest BCUT2D eigenvalue weighted by atomic mass is 11.1. The second-order valence-corrected chi connectivity index (χ2v) is 1.80. The molecule has 2 heterocycles. The predicted octanol–water partition coefficient (Wildman–Crippen LogP) is 0.606. The van der Waals surface area contributed by atoms with Gasteiger partial charge in [-0.15, -0.1) is 0 Å². The number of ether oxygens (including phenoxy) is 5. The molecule has 2 aliphatic heterocycles. The summed E-state index contributed by atoms with van der Waals surface area (Å²) in [6.07, 6.45) is 5.53. The molecule has 0 saturated heterocycles. The van der Waals surface area contributed by atoms with E-state index >= 15 is 0 Å². The van der Waals surface area contributed by atoms with Crippen LogP contribution in [0.1, 0.15) is 0 Å². The topological polar surface area (TPSA) is 46.2 Å². The summed E-state index contributed by atoms with van der Waals surface area (Å²) in [4.78, 5) is 0. The fourth-order valence-corrected chi connectivity index (χ4v) is 0.668. The molecule has 0 N–H and O–H groups in total. The summed E-state index contributed by atoms with van der Waals surface area (Å²) in [6, 6.07) is 0. The van der Waals surface area contributed by atoms with Crippen LogP contribution in [-0.2, 0) is 23.7 Å². The Morgan fingerprint density at radius 2 is 1.09 bits per heavy atom. The standard InChI is InChI=1S/C6H6O5/c1-2-8-5(7-1)11-6-9-3-4-10-6/h1-6H. The monoisotopic (exact) mass is 158 g/mol. The first kappa shape index (κ1) is 6.36. The third-order valence-electron chi connectivity index (χ3n) is 1.09. The van der Waals surface area contributed by atoms with Crippen LogP contribution in [0.2, 0.25) is 0 Å². The molecule has 2 aliphatic rings. The van der Waals surface area contributed by atoms with E-state index in [1.54, 1.807) is 0 Å². The molecule has 0 spiro atoms. The Hall–Kier alpha value is -1.36. The van der Waals surface area contributed by atoms with Gasteiger partial charge in [-0.2, -0.15) is 0 Å². The van der Waals surface area contributed by atoms with E-state index in [2.05, 4.69) is 0 Å². The quantitative estimate of drug-likeness (QED) is 0.589. The van der Waals surface area contributed by atoms with Crippen molar-refractivity contribution in [2.45, 2.75) is 13.0 Å². The fraction of sp³-hybridized carbons (Fsp3) is 0.333. The number of hydrogen-bond donors (Lipinski definition) is 0. The maximum atomic E-state index is 4.96. The van der Waals surface area contributed by atoms with E-state index < -0.39 is 13.0 Å². The van der Waals surface area contributed by atoms with Crippen LogP contribution in [0.25, 0.3) is 0 Å². The third kappa shape index (κ3) is 1.38. The second kappa shape index (κ2) is 2.71. The molecule has 60 valence electrons. The van der Waals surface area contributed by atoms with Crippen LogP contribution >= 0.6 is 0 Å². The first-order chi connectivity index (χ1) is 5.45. The highest BCUT2D eigenvalue weighted by Crippen LogP contribution is 2.14. The molecule has 0 aromatic carbocycles. The summed E-state index contributed by atoms with van der Waals surface area (Å²) in [5.41, 5.74) is 0. The van der Waals surface area contributed by atoms with Crippen molar-refractivity contribution in [3.05, 3.63) is 25.0 Å². The van der Waals surface area contributed by atoms with E-state index in [1.807, 2.05) is 0 Å². The minimum Gasteiger partial charge on any atom is -0.437 e. The van der Waals surface area contributed by atoms with Gasteiger partial charge in [0.2, 0.25) is 0 Å². The summed E-state index contributed by atoms with van der Waals surface area (Å²) >= 11 is 0. The molecule has 2 rings (SSSR count). The highest BCUT2D eigenvalue weighted by atomic mass is 17.0. The lowest BCUT2D eigenvalue weighted by Gasteiger charge is -2.14. The van der Waals surface area contributed by atoms with Crippen molar-refractivity contribution in [3.63, 3.8) is 0 Å². The summed E-state index contributed by atoms with van der Waals surface area (Å²) in [6.45, 7) is -1.53. The molecular formula is C6H6O5. The molecule has 0 atom stereocenters. The summed E-state index contributed by atoms with van der Waals surface area (Å²) in [5.74, 6) is 0. The minimum absolute atomic E-state index is 0.764. The molecular weight excluding hydrogens is 152 g/mol. The Morgan fingerprint density at radius 1 is 0.727 bits per heavy atom. The number of rotatable bonds is 2. The minimum atomic E-state index is -0.764. The van der Waals surface area contributed by atoms with E-state index in [4.69, 9.17) is 23.7 Å². The molecule has 0 unspecified atom stereocenters. The maximum absolute atomic E-state index is 4.96. The highest BCUT2D eigenvalue weighted by molar-refractivity contribution is 4.69. The summed E-state index contributed by atoms with van der Waals surface area (Å²) in [5, 5.41) is 0. The van der Waals surface area contributed by atoms with Crippen molar-refractivity contribution in [1.82, 2.24) is 0 Å². The van der Waals surface area contributed by atoms with Crippen molar-refractivity contribution in [1.29, 1.82) is 0 Å². The molecule has 0 bridgehead atoms. The van der Waals surface area contributed by atoms with Gasteiger partial charge in [-0.3, -0.25) is 0 Å². The lowest BCUT2D eigenvalue weighted by molar-refractivity contribution is -0.336. The zero-order valence-electron chi connectivity index (χ0n) is 5.51. The molecule has 0 aliphatic carbocycles. The molecule has 0 fully saturated rings. The average molecular weight is 158 g/mol. The van der Waals surface area contributed by atoms with Crippen LogP contribution in [0.4, 0.5) is 0 Å². The Labute approximate surface area is 62.7 Å². The molecule has 5 heteroatoms. The SMILES string of the molecule is C1=COC(OC2OC=CO2)O1. The molecule has 0 aromatic heterocycles. The van der Waals surface area contributed by atoms with Crippen LogP contribution in [0, 0.1) is 0 Å². The second-order valence-electron chi connectivity index (χ2n) is 1.80. The maximum Gasteiger partial charge on any atom is 0.365 e. The average Bonchev–Trinajstić information content (AvgIpc) is 2.60. The van der Waals surface area contributed by atoms with Crippen LogP contribution in [0.15, 0.2) is 25.0 Å². The van der Waals surface area contributed by atoms with Gasteiger partial charge >= 0.3 is 13.0 Å². The van der Waals surface area contributed by atoms with Crippen molar-refractivity contribution in [2.24, 2.45) is 0 Å². The summed E-state index contributed by atoms with van der Waals surface area (Å²) < 4.78 is 24.2. The van der Waals surface area contributed by atoms with Crippen molar-refractivity contribution in [2.75, 3.05) is 0 Å². The van der Waals surface area contributed by atoms with Crippen molar-refractivity contribution in [3.8, 4) is 0 Å². The van der Waals surface area contributed by atoms with Gasteiger partial charge in [0, 0.05) is 0 Å². The van der Waals surface area contributed by atoms with Crippen LogP contribution in [-0.4, -0.2) is 13.0 Å². The fourth-order valence-electron chi connectivity index (χ4n) is 0.668. The van der Waals surface area contributed by atoms with Gasteiger partial charge in [0.15, 0.2) is 0 Å². The smallest absolute Gasteiger partial charge is 0.365 e. The Bertz CT molecular complexity index is 151. The largest absolute Gasteiger partial charge is 0.437 e. The van der Waals surface area contributed by atoms with Gasteiger partial charge < -0.3 is 18.9 Å². The normalized spacial score (nSPS) is 22.5. The van der Waals surface area contributed by atoms with Crippen LogP contribution in [0.5, 0.6) is 0 Å². The zero-order valence-corrected chi connectivity index (χ0v) is 5.51. The van der Waals surface area contributed by atoms with Crippen molar-refractivity contribution >= 4 is 0 Å². The predicted molar refractivity (Wildman–Crippen MR) is 31.3 cm³/mol. The van der Waals surface area contributed by atoms with Crippen molar-refractivity contribution < 1.29 is 23.7 Å². The van der Waals surface area contributed by atoms with Gasteiger partial charge in [0.05, 0.1) is 0 Å². The Morgan fingerprint density at radius 3 is 1.45 bits per heavy atom. The van der Waals surface area contributed by atoms with Gasteiger partial charge in [0.25, 0.3) is 0 Å². The van der Waals surface area contributed by atoms with E-state index in [0.29, 0.717) is 0 Å². The molecule has 0 radical (unpaired) electrons. The lowest BCUT2D eigenvalue weighted by Crippen LogP contribution is -2.22. The first-order valence-corrected chi connectivity index (χ1v) is 3.02. The molecule has 0 aromatic rings. The van der Waals surface area contributed by atoms with E-state index in [0.717, 1.165) is 0 Å².